The minimum Gasteiger partial charge on any atom is -0.314 e. The van der Waals surface area contributed by atoms with E-state index in [9.17, 15) is 0 Å². The Morgan fingerprint density at radius 2 is 2.16 bits per heavy atom. The number of nitrogens with zero attached hydrogens (tertiary/aromatic N) is 5. The smallest absolute Gasteiger partial charge is 0.188 e. The van der Waals surface area contributed by atoms with Crippen LogP contribution in [0.1, 0.15) is 17.4 Å². The van der Waals surface area contributed by atoms with Crippen LogP contribution in [0.25, 0.3) is 0 Å². The molecule has 6 nitrogen and oxygen atoms in total. The van der Waals surface area contributed by atoms with Gasteiger partial charge in [-0.05, 0) is 10.8 Å². The fourth-order valence-electron chi connectivity index (χ4n) is 2.51. The summed E-state index contributed by atoms with van der Waals surface area (Å²) in [7, 11) is 1.79. The summed E-state index contributed by atoms with van der Waals surface area (Å²) >= 11 is 0. The van der Waals surface area contributed by atoms with Crippen molar-refractivity contribution in [3.8, 4) is 0 Å². The number of rotatable bonds is 3. The number of nitrogens with one attached hydrogen (secondary N) is 1. The molecule has 6 heteroatoms. The molecule has 0 spiro atoms. The molecule has 0 saturated carbocycles. The molecule has 1 N–H and O–H groups in total. The van der Waals surface area contributed by atoms with Gasteiger partial charge < -0.3 is 5.32 Å². The number of aryl methyl sites for hydroxylation is 1. The van der Waals surface area contributed by atoms with Crippen molar-refractivity contribution in [2.24, 2.45) is 7.05 Å². The third-order valence-corrected chi connectivity index (χ3v) is 3.43. The summed E-state index contributed by atoms with van der Waals surface area (Å²) < 4.78 is 0. The molecule has 1 atom stereocenters. The van der Waals surface area contributed by atoms with Crippen molar-refractivity contribution in [2.75, 3.05) is 19.6 Å². The number of benzene rings is 1. The molecule has 19 heavy (non-hydrogen) atoms. The van der Waals surface area contributed by atoms with Crippen LogP contribution in [-0.2, 0) is 13.6 Å². The minimum atomic E-state index is 0.374. The first-order valence-electron chi connectivity index (χ1n) is 6.55. The molecule has 1 aromatic heterocycles. The van der Waals surface area contributed by atoms with Crippen molar-refractivity contribution in [2.45, 2.75) is 12.6 Å². The van der Waals surface area contributed by atoms with Gasteiger partial charge >= 0.3 is 0 Å². The van der Waals surface area contributed by atoms with E-state index in [1.54, 1.807) is 7.05 Å². The van der Waals surface area contributed by atoms with Gasteiger partial charge in [-0.3, -0.25) is 4.90 Å². The summed E-state index contributed by atoms with van der Waals surface area (Å²) in [5, 5.41) is 15.7. The predicted octanol–water partition coefficient (Wildman–Crippen LogP) is 0.357. The third-order valence-electron chi connectivity index (χ3n) is 3.43. The number of piperazine rings is 1. The Kier molecular flexibility index (Phi) is 3.52. The zero-order valence-electron chi connectivity index (χ0n) is 11.0. The molecule has 0 bridgehead atoms. The molecule has 1 unspecified atom stereocenters. The fourth-order valence-corrected chi connectivity index (χ4v) is 2.51. The molecule has 1 saturated heterocycles. The first kappa shape index (κ1) is 12.3. The maximum absolute atomic E-state index is 4.27. The molecule has 2 heterocycles. The van der Waals surface area contributed by atoms with Crippen molar-refractivity contribution in [3.05, 3.63) is 41.7 Å². The average Bonchev–Trinajstić information content (AvgIpc) is 2.86. The average molecular weight is 258 g/mol. The maximum Gasteiger partial charge on any atom is 0.188 e. The number of aromatic nitrogens is 4. The Hall–Kier alpha value is -1.79. The highest BCUT2D eigenvalue weighted by molar-refractivity contribution is 5.20. The lowest BCUT2D eigenvalue weighted by atomic mass is 10.0. The normalized spacial score (nSPS) is 20.6. The molecule has 1 aliphatic heterocycles. The van der Waals surface area contributed by atoms with E-state index in [1.807, 2.05) is 6.07 Å². The molecule has 1 aliphatic rings. The zero-order valence-corrected chi connectivity index (χ0v) is 11.0. The number of hydrogen-bond donors (Lipinski definition) is 1. The number of tetrazole rings is 1. The molecule has 1 aromatic carbocycles. The van der Waals surface area contributed by atoms with Crippen LogP contribution in [0, 0.1) is 0 Å². The highest BCUT2D eigenvalue weighted by atomic mass is 15.6. The SMILES string of the molecule is Cn1nnc(CN2CCNCC2c2ccccc2)n1. The first-order valence-corrected chi connectivity index (χ1v) is 6.55. The topological polar surface area (TPSA) is 58.9 Å². The van der Waals surface area contributed by atoms with Gasteiger partial charge in [-0.15, -0.1) is 10.2 Å². The van der Waals surface area contributed by atoms with Crippen LogP contribution in [0.2, 0.25) is 0 Å². The molecule has 3 rings (SSSR count). The quantitative estimate of drug-likeness (QED) is 0.861. The lowest BCUT2D eigenvalue weighted by Gasteiger charge is -2.35. The van der Waals surface area contributed by atoms with Gasteiger partial charge in [-0.2, -0.15) is 4.80 Å². The highest BCUT2D eigenvalue weighted by Gasteiger charge is 2.24. The molecule has 0 radical (unpaired) electrons. The second-order valence-electron chi connectivity index (χ2n) is 4.80. The molecular weight excluding hydrogens is 240 g/mol. The molecule has 1 fully saturated rings. The highest BCUT2D eigenvalue weighted by Crippen LogP contribution is 2.22. The second-order valence-corrected chi connectivity index (χ2v) is 4.80. The fraction of sp³-hybridized carbons (Fsp3) is 0.462. The van der Waals surface area contributed by atoms with Crippen molar-refractivity contribution in [3.63, 3.8) is 0 Å². The Morgan fingerprint density at radius 3 is 2.89 bits per heavy atom. The molecular formula is C13H18N6. The largest absolute Gasteiger partial charge is 0.314 e. The summed E-state index contributed by atoms with van der Waals surface area (Å²) in [6, 6.07) is 10.9. The van der Waals surface area contributed by atoms with Crippen LogP contribution in [0.5, 0.6) is 0 Å². The van der Waals surface area contributed by atoms with E-state index >= 15 is 0 Å². The Labute approximate surface area is 112 Å². The maximum atomic E-state index is 4.27. The van der Waals surface area contributed by atoms with E-state index < -0.39 is 0 Å². The van der Waals surface area contributed by atoms with Gasteiger partial charge in [0.15, 0.2) is 5.82 Å². The summed E-state index contributed by atoms with van der Waals surface area (Å²) in [5.41, 5.74) is 1.33. The van der Waals surface area contributed by atoms with Crippen LogP contribution in [0.3, 0.4) is 0 Å². The first-order chi connectivity index (χ1) is 9.33. The molecule has 2 aromatic rings. The van der Waals surface area contributed by atoms with Crippen LogP contribution in [0.4, 0.5) is 0 Å². The second kappa shape index (κ2) is 5.46. The van der Waals surface area contributed by atoms with Gasteiger partial charge in [0, 0.05) is 25.7 Å². The Bertz CT molecular complexity index is 523. The summed E-state index contributed by atoms with van der Waals surface area (Å²) in [6.07, 6.45) is 0. The van der Waals surface area contributed by atoms with Gasteiger partial charge in [0.1, 0.15) is 0 Å². The monoisotopic (exact) mass is 258 g/mol. The summed E-state index contributed by atoms with van der Waals surface area (Å²) in [4.78, 5) is 3.91. The zero-order chi connectivity index (χ0) is 13.1. The number of hydrogen-bond acceptors (Lipinski definition) is 5. The summed E-state index contributed by atoms with van der Waals surface area (Å²) in [5.74, 6) is 0.783. The van der Waals surface area contributed by atoms with Gasteiger partial charge in [-0.25, -0.2) is 0 Å². The van der Waals surface area contributed by atoms with E-state index in [0.717, 1.165) is 32.0 Å². The van der Waals surface area contributed by atoms with Gasteiger partial charge in [0.25, 0.3) is 0 Å². The van der Waals surface area contributed by atoms with Gasteiger partial charge in [0.05, 0.1) is 13.6 Å². The van der Waals surface area contributed by atoms with E-state index in [0.29, 0.717) is 6.04 Å². The van der Waals surface area contributed by atoms with Crippen LogP contribution in [0.15, 0.2) is 30.3 Å². The Morgan fingerprint density at radius 1 is 1.32 bits per heavy atom. The van der Waals surface area contributed by atoms with Crippen LogP contribution < -0.4 is 5.32 Å². The third kappa shape index (κ3) is 2.80. The summed E-state index contributed by atoms with van der Waals surface area (Å²) in [6.45, 7) is 3.71. The lowest BCUT2D eigenvalue weighted by molar-refractivity contribution is 0.150. The van der Waals surface area contributed by atoms with Crippen LogP contribution in [-0.4, -0.2) is 44.7 Å². The van der Waals surface area contributed by atoms with Crippen molar-refractivity contribution >= 4 is 0 Å². The van der Waals surface area contributed by atoms with Crippen molar-refractivity contribution < 1.29 is 0 Å². The molecule has 0 aliphatic carbocycles. The molecule has 100 valence electrons. The minimum absolute atomic E-state index is 0.374. The van der Waals surface area contributed by atoms with Crippen molar-refractivity contribution in [1.29, 1.82) is 0 Å². The predicted molar refractivity (Wildman–Crippen MR) is 71.3 cm³/mol. The van der Waals surface area contributed by atoms with E-state index in [2.05, 4.69) is 49.9 Å². The van der Waals surface area contributed by atoms with Crippen LogP contribution >= 0.6 is 0 Å². The Balaban J connectivity index is 1.77. The van der Waals surface area contributed by atoms with E-state index in [4.69, 9.17) is 0 Å². The molecule has 0 amide bonds. The lowest BCUT2D eigenvalue weighted by Crippen LogP contribution is -2.45. The van der Waals surface area contributed by atoms with E-state index in [-0.39, 0.29) is 0 Å². The van der Waals surface area contributed by atoms with Gasteiger partial charge in [-0.1, -0.05) is 30.3 Å². The standard InChI is InChI=1S/C13H18N6/c1-18-16-13(15-17-18)10-19-8-7-14-9-12(19)11-5-3-2-4-6-11/h2-6,12,14H,7-10H2,1H3. The van der Waals surface area contributed by atoms with E-state index in [1.165, 1.54) is 10.4 Å². The van der Waals surface area contributed by atoms with Gasteiger partial charge in [0.2, 0.25) is 0 Å². The van der Waals surface area contributed by atoms with Crippen molar-refractivity contribution in [1.82, 2.24) is 30.4 Å².